The Morgan fingerprint density at radius 1 is 0.920 bits per heavy atom. The van der Waals surface area contributed by atoms with Crippen molar-refractivity contribution < 1.29 is 4.42 Å². The topological polar surface area (TPSA) is 86.8 Å². The van der Waals surface area contributed by atoms with Gasteiger partial charge in [-0.3, -0.25) is 0 Å². The van der Waals surface area contributed by atoms with Gasteiger partial charge in [0.2, 0.25) is 5.95 Å². The van der Waals surface area contributed by atoms with Gasteiger partial charge in [-0.1, -0.05) is 0 Å². The predicted octanol–water partition coefficient (Wildman–Crippen LogP) is 4.58. The van der Waals surface area contributed by atoms with Crippen LogP contribution in [0.5, 0.6) is 0 Å². The van der Waals surface area contributed by atoms with Gasteiger partial charge in [0.25, 0.3) is 0 Å². The zero-order chi connectivity index (χ0) is 17.1. The van der Waals surface area contributed by atoms with E-state index in [4.69, 9.17) is 9.68 Å². The molecular formula is C19H13N5O. The van der Waals surface area contributed by atoms with Crippen molar-refractivity contribution in [1.82, 2.24) is 9.97 Å². The minimum atomic E-state index is 0.466. The third-order valence-corrected chi connectivity index (χ3v) is 3.65. The third kappa shape index (κ3) is 3.26. The van der Waals surface area contributed by atoms with Crippen LogP contribution in [0.15, 0.2) is 71.5 Å². The second-order valence-corrected chi connectivity index (χ2v) is 5.38. The van der Waals surface area contributed by atoms with Crippen LogP contribution in [0.3, 0.4) is 0 Å². The van der Waals surface area contributed by atoms with Crippen LogP contribution in [-0.2, 0) is 0 Å². The molecule has 0 radical (unpaired) electrons. The van der Waals surface area contributed by atoms with Gasteiger partial charge in [0, 0.05) is 29.0 Å². The van der Waals surface area contributed by atoms with Crippen LogP contribution < -0.4 is 10.6 Å². The molecule has 0 fully saturated rings. The molecule has 2 aromatic carbocycles. The summed E-state index contributed by atoms with van der Waals surface area (Å²) in [6.45, 7) is 0. The molecule has 0 aliphatic carbocycles. The second-order valence-electron chi connectivity index (χ2n) is 5.38. The summed E-state index contributed by atoms with van der Waals surface area (Å²) in [5.74, 6) is 1.13. The number of fused-ring (bicyclic) bond motifs is 1. The summed E-state index contributed by atoms with van der Waals surface area (Å²) in [5, 5.41) is 16.2. The van der Waals surface area contributed by atoms with E-state index in [1.807, 2.05) is 36.4 Å². The molecule has 0 unspecified atom stereocenters. The summed E-state index contributed by atoms with van der Waals surface area (Å²) in [5.41, 5.74) is 3.11. The highest BCUT2D eigenvalue weighted by Crippen LogP contribution is 2.23. The van der Waals surface area contributed by atoms with Gasteiger partial charge >= 0.3 is 0 Å². The normalized spacial score (nSPS) is 10.4. The Balaban J connectivity index is 1.53. The van der Waals surface area contributed by atoms with Crippen LogP contribution in [0, 0.1) is 11.3 Å². The Hall–Kier alpha value is -3.85. The van der Waals surface area contributed by atoms with E-state index in [2.05, 4.69) is 26.7 Å². The van der Waals surface area contributed by atoms with Crippen molar-refractivity contribution in [3.63, 3.8) is 0 Å². The smallest absolute Gasteiger partial charge is 0.229 e. The van der Waals surface area contributed by atoms with Crippen LogP contribution in [0.4, 0.5) is 23.1 Å². The van der Waals surface area contributed by atoms with E-state index in [0.29, 0.717) is 17.3 Å². The van der Waals surface area contributed by atoms with Crippen LogP contribution >= 0.6 is 0 Å². The van der Waals surface area contributed by atoms with Gasteiger partial charge in [-0.25, -0.2) is 4.98 Å². The van der Waals surface area contributed by atoms with E-state index in [1.165, 1.54) is 0 Å². The Bertz CT molecular complexity index is 1060. The number of hydrogen-bond acceptors (Lipinski definition) is 6. The lowest BCUT2D eigenvalue weighted by Gasteiger charge is -2.08. The van der Waals surface area contributed by atoms with E-state index in [9.17, 15) is 0 Å². The first-order chi connectivity index (χ1) is 12.3. The van der Waals surface area contributed by atoms with Gasteiger partial charge in [0.1, 0.15) is 11.4 Å². The largest absolute Gasteiger partial charge is 0.464 e. The number of benzene rings is 2. The molecule has 0 atom stereocenters. The zero-order valence-corrected chi connectivity index (χ0v) is 13.1. The standard InChI is InChI=1S/C19H13N5O/c20-12-13-1-4-15(5-2-13)23-19-21-9-7-18(24-19)22-16-6-3-14-8-10-25-17(14)11-16/h1-11H,(H2,21,22,23,24). The molecule has 4 aromatic rings. The average molecular weight is 327 g/mol. The van der Waals surface area contributed by atoms with Crippen LogP contribution in [0.25, 0.3) is 11.0 Å². The van der Waals surface area contributed by atoms with Gasteiger partial charge in [-0.05, 0) is 48.5 Å². The van der Waals surface area contributed by atoms with Crippen molar-refractivity contribution >= 4 is 34.1 Å². The van der Waals surface area contributed by atoms with E-state index < -0.39 is 0 Å². The summed E-state index contributed by atoms with van der Waals surface area (Å²) >= 11 is 0. The Morgan fingerprint density at radius 3 is 2.60 bits per heavy atom. The summed E-state index contributed by atoms with van der Waals surface area (Å²) in [4.78, 5) is 8.66. The molecule has 0 spiro atoms. The number of anilines is 4. The lowest BCUT2D eigenvalue weighted by Crippen LogP contribution is -2.00. The average Bonchev–Trinajstić information content (AvgIpc) is 3.10. The van der Waals surface area contributed by atoms with Gasteiger partial charge < -0.3 is 15.1 Å². The van der Waals surface area contributed by atoms with Crippen molar-refractivity contribution in [1.29, 1.82) is 5.26 Å². The maximum Gasteiger partial charge on any atom is 0.229 e. The summed E-state index contributed by atoms with van der Waals surface area (Å²) < 4.78 is 5.41. The fourth-order valence-corrected chi connectivity index (χ4v) is 2.43. The quantitative estimate of drug-likeness (QED) is 0.570. The number of furan rings is 1. The highest BCUT2D eigenvalue weighted by molar-refractivity contribution is 5.81. The number of nitrogens with one attached hydrogen (secondary N) is 2. The highest BCUT2D eigenvalue weighted by Gasteiger charge is 2.03. The minimum Gasteiger partial charge on any atom is -0.464 e. The molecule has 0 amide bonds. The number of rotatable bonds is 4. The Labute approximate surface area is 143 Å². The molecule has 6 heteroatoms. The molecular weight excluding hydrogens is 314 g/mol. The minimum absolute atomic E-state index is 0.466. The van der Waals surface area contributed by atoms with Crippen LogP contribution in [0.2, 0.25) is 0 Å². The number of hydrogen-bond donors (Lipinski definition) is 2. The molecule has 0 aliphatic heterocycles. The maximum absolute atomic E-state index is 8.84. The number of nitriles is 1. The van der Waals surface area contributed by atoms with E-state index in [0.717, 1.165) is 22.3 Å². The monoisotopic (exact) mass is 327 g/mol. The summed E-state index contributed by atoms with van der Waals surface area (Å²) in [6, 6.07) is 18.8. The predicted molar refractivity (Wildman–Crippen MR) is 96.0 cm³/mol. The second kappa shape index (κ2) is 6.34. The fraction of sp³-hybridized carbons (Fsp3) is 0. The van der Waals surface area contributed by atoms with Crippen LogP contribution in [-0.4, -0.2) is 9.97 Å². The highest BCUT2D eigenvalue weighted by atomic mass is 16.3. The molecule has 2 N–H and O–H groups in total. The summed E-state index contributed by atoms with van der Waals surface area (Å²) in [6.07, 6.45) is 3.34. The van der Waals surface area contributed by atoms with Gasteiger partial charge in [-0.15, -0.1) is 0 Å². The van der Waals surface area contributed by atoms with E-state index in [1.54, 1.807) is 30.7 Å². The Kier molecular flexibility index (Phi) is 3.73. The lowest BCUT2D eigenvalue weighted by molar-refractivity contribution is 0.616. The molecule has 2 heterocycles. The van der Waals surface area contributed by atoms with Crippen molar-refractivity contribution in [2.75, 3.05) is 10.6 Å². The molecule has 0 bridgehead atoms. The van der Waals surface area contributed by atoms with Gasteiger partial charge in [0.05, 0.1) is 17.9 Å². The van der Waals surface area contributed by atoms with Crippen molar-refractivity contribution in [2.24, 2.45) is 0 Å². The van der Waals surface area contributed by atoms with Crippen LogP contribution in [0.1, 0.15) is 5.56 Å². The Morgan fingerprint density at radius 2 is 1.76 bits per heavy atom. The summed E-state index contributed by atoms with van der Waals surface area (Å²) in [7, 11) is 0. The van der Waals surface area contributed by atoms with Crippen molar-refractivity contribution in [3.8, 4) is 6.07 Å². The SMILES string of the molecule is N#Cc1ccc(Nc2nccc(Nc3ccc4ccoc4c3)n2)cc1. The fourth-order valence-electron chi connectivity index (χ4n) is 2.43. The molecule has 4 rings (SSSR count). The van der Waals surface area contributed by atoms with E-state index in [-0.39, 0.29) is 0 Å². The maximum atomic E-state index is 8.84. The first-order valence-electron chi connectivity index (χ1n) is 7.65. The van der Waals surface area contributed by atoms with E-state index >= 15 is 0 Å². The zero-order valence-electron chi connectivity index (χ0n) is 13.1. The van der Waals surface area contributed by atoms with Crippen molar-refractivity contribution in [3.05, 3.63) is 72.6 Å². The van der Waals surface area contributed by atoms with Gasteiger partial charge in [0.15, 0.2) is 0 Å². The van der Waals surface area contributed by atoms with Crippen molar-refractivity contribution in [2.45, 2.75) is 0 Å². The molecule has 0 saturated heterocycles. The molecule has 6 nitrogen and oxygen atoms in total. The molecule has 0 aliphatic rings. The molecule has 0 saturated carbocycles. The molecule has 120 valence electrons. The third-order valence-electron chi connectivity index (χ3n) is 3.65. The molecule has 25 heavy (non-hydrogen) atoms. The van der Waals surface area contributed by atoms with Gasteiger partial charge in [-0.2, -0.15) is 10.2 Å². The number of aromatic nitrogens is 2. The number of nitrogens with zero attached hydrogens (tertiary/aromatic N) is 3. The lowest BCUT2D eigenvalue weighted by atomic mass is 10.2. The molecule has 2 aromatic heterocycles. The first-order valence-corrected chi connectivity index (χ1v) is 7.65. The first kappa shape index (κ1) is 14.7.